The number of carbonyl (C=O) groups is 4. The van der Waals surface area contributed by atoms with Crippen LogP contribution in [0.5, 0.6) is 0 Å². The van der Waals surface area contributed by atoms with E-state index >= 15 is 0 Å². The summed E-state index contributed by atoms with van der Waals surface area (Å²) in [6.07, 6.45) is 0.796. The molecular weight excluding hydrogens is 633 g/mol. The van der Waals surface area contributed by atoms with E-state index < -0.39 is 63.5 Å². The van der Waals surface area contributed by atoms with Crippen LogP contribution in [0.25, 0.3) is 0 Å². The maximum atomic E-state index is 13.9. The van der Waals surface area contributed by atoms with Crippen molar-refractivity contribution in [3.05, 3.63) is 62.5 Å². The predicted molar refractivity (Wildman–Crippen MR) is 172 cm³/mol. The van der Waals surface area contributed by atoms with Crippen molar-refractivity contribution < 1.29 is 37.5 Å². The highest BCUT2D eigenvalue weighted by atomic mass is 32.2. The average Bonchev–Trinajstić information content (AvgIpc) is 2.86. The Kier molecular flexibility index (Phi) is 12.7. The van der Waals surface area contributed by atoms with Gasteiger partial charge in [-0.25, -0.2) is 4.79 Å². The molecule has 0 aliphatic carbocycles. The molecule has 236 valence electrons. The molecule has 1 fully saturated rings. The van der Waals surface area contributed by atoms with E-state index in [9.17, 15) is 33.5 Å². The number of non-ortho nitro benzene ring substituents is 1. The lowest BCUT2D eigenvalue weighted by Crippen LogP contribution is -2.67. The summed E-state index contributed by atoms with van der Waals surface area (Å²) >= 11 is 1.18. The van der Waals surface area contributed by atoms with Crippen molar-refractivity contribution in [1.82, 2.24) is 4.90 Å². The van der Waals surface area contributed by atoms with Crippen molar-refractivity contribution in [2.75, 3.05) is 5.75 Å². The van der Waals surface area contributed by atoms with Crippen LogP contribution in [0.1, 0.15) is 47.1 Å². The molecule has 0 radical (unpaired) electrons. The number of hydrogen-bond donors (Lipinski definition) is 0. The van der Waals surface area contributed by atoms with Gasteiger partial charge in [0.2, 0.25) is 5.91 Å². The lowest BCUT2D eigenvalue weighted by Gasteiger charge is -2.50. The van der Waals surface area contributed by atoms with E-state index in [4.69, 9.17) is 9.16 Å². The fraction of sp³-hybridized carbons (Fsp3) is 0.500. The van der Waals surface area contributed by atoms with Crippen LogP contribution in [0.2, 0.25) is 18.1 Å². The first-order chi connectivity index (χ1) is 19.8. The van der Waals surface area contributed by atoms with Gasteiger partial charge in [-0.1, -0.05) is 26.8 Å². The van der Waals surface area contributed by atoms with Crippen molar-refractivity contribution in [3.8, 4) is 0 Å². The van der Waals surface area contributed by atoms with Crippen molar-refractivity contribution in [1.29, 1.82) is 0 Å². The second-order valence-electron chi connectivity index (χ2n) is 11.4. The summed E-state index contributed by atoms with van der Waals surface area (Å²) in [7, 11) is -4.08. The molecule has 0 aromatic heterocycles. The Morgan fingerprint density at radius 1 is 1.16 bits per heavy atom. The standard InChI is InChI=1S/C28H38N2O9S3Si/c1-10-15-42(37)25-22(17(2)39-43(8,9)28(5,6)7)24(33)29(25)23(27(40-18(3)31)41-19(4)32)26(34)38-16-20-11-13-21(14-12-20)30(35)36/h10-14,17,22,25H,1,15-16H2,2-9H3/t17-,22+,25-,42?/m1/s1. The van der Waals surface area contributed by atoms with Gasteiger partial charge in [0.1, 0.15) is 12.0 Å². The first-order valence-electron chi connectivity index (χ1n) is 13.3. The first kappa shape index (κ1) is 36.6. The summed E-state index contributed by atoms with van der Waals surface area (Å²) in [5.41, 5.74) is -0.0905. The lowest BCUT2D eigenvalue weighted by molar-refractivity contribution is -0.384. The zero-order valence-electron chi connectivity index (χ0n) is 25.5. The average molecular weight is 671 g/mol. The number of nitrogens with zero attached hydrogens (tertiary/aromatic N) is 2. The van der Waals surface area contributed by atoms with E-state index in [1.54, 1.807) is 6.92 Å². The summed E-state index contributed by atoms with van der Waals surface area (Å²) in [5, 5.41) is 8.88. The Bertz CT molecular complexity index is 1320. The molecule has 1 aromatic rings. The zero-order chi connectivity index (χ0) is 32.9. The van der Waals surface area contributed by atoms with E-state index in [-0.39, 0.29) is 33.0 Å². The fourth-order valence-corrected chi connectivity index (χ4v) is 8.87. The largest absolute Gasteiger partial charge is 0.456 e. The maximum Gasteiger partial charge on any atom is 0.357 e. The van der Waals surface area contributed by atoms with Crippen LogP contribution in [-0.4, -0.2) is 61.7 Å². The maximum absolute atomic E-state index is 13.9. The number of amides is 1. The molecule has 1 aliphatic rings. The van der Waals surface area contributed by atoms with Crippen LogP contribution < -0.4 is 0 Å². The molecule has 0 spiro atoms. The molecule has 0 saturated carbocycles. The van der Waals surface area contributed by atoms with Crippen LogP contribution in [0.15, 0.2) is 46.9 Å². The van der Waals surface area contributed by atoms with Crippen molar-refractivity contribution in [2.24, 2.45) is 5.92 Å². The number of hydrogen-bond acceptors (Lipinski definition) is 11. The number of β-lactam (4-membered cyclic amide) rings is 1. The molecule has 1 unspecified atom stereocenters. The van der Waals surface area contributed by atoms with E-state index in [1.807, 2.05) is 13.1 Å². The Morgan fingerprint density at radius 3 is 2.14 bits per heavy atom. The van der Waals surface area contributed by atoms with Crippen LogP contribution in [0.3, 0.4) is 0 Å². The molecule has 0 N–H and O–H groups in total. The van der Waals surface area contributed by atoms with Crippen molar-refractivity contribution >= 4 is 70.4 Å². The predicted octanol–water partition coefficient (Wildman–Crippen LogP) is 5.50. The number of ether oxygens (including phenoxy) is 1. The van der Waals surface area contributed by atoms with Gasteiger partial charge in [-0.2, -0.15) is 0 Å². The number of nitro benzene ring substituents is 1. The molecule has 1 aromatic carbocycles. The molecule has 1 amide bonds. The molecule has 4 atom stereocenters. The minimum absolute atomic E-state index is 0.0118. The number of nitro groups is 1. The summed E-state index contributed by atoms with van der Waals surface area (Å²) in [4.78, 5) is 63.4. The molecular formula is C28H38N2O9S3Si. The molecule has 2 rings (SSSR count). The lowest BCUT2D eigenvalue weighted by atomic mass is 9.92. The highest BCUT2D eigenvalue weighted by Crippen LogP contribution is 2.45. The summed E-state index contributed by atoms with van der Waals surface area (Å²) in [6.45, 7) is 17.8. The number of likely N-dealkylation sites (tertiary alicyclic amines) is 1. The van der Waals surface area contributed by atoms with Crippen molar-refractivity contribution in [2.45, 2.75) is 77.8 Å². The van der Waals surface area contributed by atoms with Crippen LogP contribution >= 0.6 is 23.5 Å². The normalized spacial score (nSPS) is 18.2. The van der Waals surface area contributed by atoms with Gasteiger partial charge in [-0.05, 0) is 66.3 Å². The van der Waals surface area contributed by atoms with Gasteiger partial charge in [0.15, 0.2) is 24.2 Å². The number of thioether (sulfide) groups is 2. The minimum atomic E-state index is -2.36. The zero-order valence-corrected chi connectivity index (χ0v) is 29.0. The monoisotopic (exact) mass is 670 g/mol. The Balaban J connectivity index is 2.58. The first-order valence-corrected chi connectivity index (χ1v) is 19.2. The molecule has 1 heterocycles. The second-order valence-corrected chi connectivity index (χ2v) is 20.3. The Morgan fingerprint density at radius 2 is 1.70 bits per heavy atom. The van der Waals surface area contributed by atoms with E-state index in [0.29, 0.717) is 29.1 Å². The molecule has 15 heteroatoms. The topological polar surface area (TPSA) is 150 Å². The van der Waals surface area contributed by atoms with E-state index in [0.717, 1.165) is 4.90 Å². The van der Waals surface area contributed by atoms with Crippen LogP contribution in [0.4, 0.5) is 5.69 Å². The number of rotatable bonds is 13. The van der Waals surface area contributed by atoms with Gasteiger partial charge in [-0.3, -0.25) is 33.6 Å². The SMILES string of the molecule is C=CCS(=O)[C@@H]1[C@@H]([C@@H](C)O[Si](C)(C)C(C)(C)C)C(=O)N1C(C(=O)OCc1ccc([N+](=O)[O-])cc1)=C(SC(C)=O)SC(C)=O. The third-order valence-corrected chi connectivity index (χ3v) is 15.1. The Labute approximate surface area is 263 Å². The van der Waals surface area contributed by atoms with Crippen molar-refractivity contribution in [3.63, 3.8) is 0 Å². The fourth-order valence-electron chi connectivity index (χ4n) is 3.96. The third kappa shape index (κ3) is 9.20. The van der Waals surface area contributed by atoms with Gasteiger partial charge < -0.3 is 9.16 Å². The van der Waals surface area contributed by atoms with E-state index in [2.05, 4.69) is 27.4 Å². The number of benzene rings is 1. The van der Waals surface area contributed by atoms with Crippen LogP contribution in [-0.2, 0) is 45.7 Å². The molecule has 1 saturated heterocycles. The summed E-state index contributed by atoms with van der Waals surface area (Å²) in [6, 6.07) is 5.34. The van der Waals surface area contributed by atoms with Crippen LogP contribution in [0, 0.1) is 16.0 Å². The van der Waals surface area contributed by atoms with Gasteiger partial charge in [-0.15, -0.1) is 6.58 Å². The second kappa shape index (κ2) is 14.9. The molecule has 1 aliphatic heterocycles. The van der Waals surface area contributed by atoms with E-state index in [1.165, 1.54) is 44.2 Å². The minimum Gasteiger partial charge on any atom is -0.456 e. The number of esters is 1. The molecule has 0 bridgehead atoms. The third-order valence-electron chi connectivity index (χ3n) is 7.05. The van der Waals surface area contributed by atoms with Gasteiger partial charge in [0, 0.05) is 42.5 Å². The van der Waals surface area contributed by atoms with Gasteiger partial charge in [0.25, 0.3) is 5.69 Å². The highest BCUT2D eigenvalue weighted by Gasteiger charge is 2.58. The highest BCUT2D eigenvalue weighted by molar-refractivity contribution is 8.34. The summed E-state index contributed by atoms with van der Waals surface area (Å²) in [5.74, 6) is -2.45. The molecule has 11 nitrogen and oxygen atoms in total. The van der Waals surface area contributed by atoms with Gasteiger partial charge in [0.05, 0.1) is 21.2 Å². The summed E-state index contributed by atoms with van der Waals surface area (Å²) < 4.78 is 25.4. The molecule has 43 heavy (non-hydrogen) atoms. The quantitative estimate of drug-likeness (QED) is 0.0498. The number of carbonyl (C=O) groups excluding carboxylic acids is 4. The van der Waals surface area contributed by atoms with Gasteiger partial charge >= 0.3 is 5.97 Å². The smallest absolute Gasteiger partial charge is 0.357 e. The Hall–Kier alpha value is -2.59.